The van der Waals surface area contributed by atoms with E-state index >= 15 is 0 Å². The lowest BCUT2D eigenvalue weighted by molar-refractivity contribution is -0.149. The summed E-state index contributed by atoms with van der Waals surface area (Å²) in [6, 6.07) is 48.2. The first-order chi connectivity index (χ1) is 39.3. The first kappa shape index (κ1) is 71.2. The van der Waals surface area contributed by atoms with Crippen molar-refractivity contribution in [2.45, 2.75) is 136 Å². The second kappa shape index (κ2) is 38.7. The monoisotopic (exact) mass is 1140 g/mol. The van der Waals surface area contributed by atoms with Crippen LogP contribution in [0.25, 0.3) is 11.1 Å². The summed E-state index contributed by atoms with van der Waals surface area (Å²) in [7, 11) is 0. The van der Waals surface area contributed by atoms with Gasteiger partial charge < -0.3 is 28.4 Å². The normalized spacial score (nSPS) is 10.9. The van der Waals surface area contributed by atoms with Crippen molar-refractivity contribution in [2.24, 2.45) is 35.5 Å². The third kappa shape index (κ3) is 28.6. The molecule has 12 nitrogen and oxygen atoms in total. The average molecular weight is 1140 g/mol. The number of fused-ring (bicyclic) bond motifs is 3. The molecule has 0 saturated carbocycles. The quantitative estimate of drug-likeness (QED) is 0.0630. The standard InChI is InChI=1S/C18H18O2.2C12H16O2.C11H13FO2.C11H14O2.C6H12O2/c1-12(2)18(19)20-11-17-15-9-5-3-7-13(15)14-8-4-6-10-16(14)17;2*1-9(2)12(13)14-8-11-6-4-10(3)5-7-11;1-8(2)11(13)14-7-9-3-5-10(12)6-4-9;1-9(2)11(12)13-8-10-6-4-3-5-7-10;1-4-8-6(7)5(2)3/h3-10,12,17H,11H2,1-2H3;2*4-7,9H,8H2,1-3H3;3-6,8H,7H2,1-2H3;3-7,9H,8H2,1-2H3;5H,4H2,1-3H3. The van der Waals surface area contributed by atoms with Crippen molar-refractivity contribution >= 4 is 35.8 Å². The number of carbonyl (C=O) groups is 6. The highest BCUT2D eigenvalue weighted by Crippen LogP contribution is 2.44. The van der Waals surface area contributed by atoms with Crippen LogP contribution in [0.15, 0.2) is 152 Å². The minimum absolute atomic E-state index is 0.00921. The van der Waals surface area contributed by atoms with E-state index in [0.717, 1.165) is 22.3 Å². The van der Waals surface area contributed by atoms with E-state index in [9.17, 15) is 33.2 Å². The van der Waals surface area contributed by atoms with Gasteiger partial charge in [0, 0.05) is 5.92 Å². The van der Waals surface area contributed by atoms with Crippen molar-refractivity contribution in [1.82, 2.24) is 0 Å². The van der Waals surface area contributed by atoms with E-state index in [0.29, 0.717) is 33.0 Å². The predicted octanol–water partition coefficient (Wildman–Crippen LogP) is 15.5. The van der Waals surface area contributed by atoms with Gasteiger partial charge in [0.2, 0.25) is 0 Å². The van der Waals surface area contributed by atoms with Crippen molar-refractivity contribution in [2.75, 3.05) is 13.2 Å². The highest BCUT2D eigenvalue weighted by molar-refractivity contribution is 5.79. The Morgan fingerprint density at radius 3 is 0.916 bits per heavy atom. The van der Waals surface area contributed by atoms with Crippen LogP contribution in [0.2, 0.25) is 0 Å². The molecule has 0 aliphatic heterocycles. The Bertz CT molecular complexity index is 2650. The molecule has 0 saturated heterocycles. The molecule has 0 N–H and O–H groups in total. The molecule has 1 aliphatic carbocycles. The number of carbonyl (C=O) groups excluding carboxylic acids is 6. The smallest absolute Gasteiger partial charge is 0.308 e. The molecular weight excluding hydrogens is 1050 g/mol. The van der Waals surface area contributed by atoms with Gasteiger partial charge in [-0.25, -0.2) is 4.39 Å². The highest BCUT2D eigenvalue weighted by Gasteiger charge is 2.29. The highest BCUT2D eigenvalue weighted by atomic mass is 19.1. The molecule has 0 bridgehead atoms. The Labute approximate surface area is 493 Å². The van der Waals surface area contributed by atoms with Crippen molar-refractivity contribution in [3.63, 3.8) is 0 Å². The van der Waals surface area contributed by atoms with Crippen molar-refractivity contribution in [3.8, 4) is 11.1 Å². The molecule has 0 fully saturated rings. The van der Waals surface area contributed by atoms with Gasteiger partial charge in [-0.05, 0) is 77.4 Å². The zero-order valence-corrected chi connectivity index (χ0v) is 51.5. The van der Waals surface area contributed by atoms with Gasteiger partial charge >= 0.3 is 35.8 Å². The van der Waals surface area contributed by atoms with Gasteiger partial charge in [0.15, 0.2) is 0 Å². The van der Waals surface area contributed by atoms with E-state index in [-0.39, 0.29) is 89.7 Å². The second-order valence-corrected chi connectivity index (χ2v) is 21.6. The van der Waals surface area contributed by atoms with Gasteiger partial charge in [-0.1, -0.05) is 234 Å². The van der Waals surface area contributed by atoms with Crippen LogP contribution in [0.4, 0.5) is 4.39 Å². The number of ether oxygens (including phenoxy) is 6. The van der Waals surface area contributed by atoms with Crippen LogP contribution < -0.4 is 0 Å². The summed E-state index contributed by atoms with van der Waals surface area (Å²) < 4.78 is 42.8. The fourth-order valence-corrected chi connectivity index (χ4v) is 6.89. The fourth-order valence-electron chi connectivity index (χ4n) is 6.89. The Hall–Kier alpha value is -7.93. The van der Waals surface area contributed by atoms with Gasteiger partial charge in [0.25, 0.3) is 0 Å². The van der Waals surface area contributed by atoms with E-state index in [1.165, 1.54) is 45.5 Å². The molecule has 0 amide bonds. The summed E-state index contributed by atoms with van der Waals surface area (Å²) in [6.07, 6.45) is 0. The molecular formula is C70H89FO12. The number of aryl methyl sites for hydroxylation is 2. The molecule has 7 rings (SSSR count). The second-order valence-electron chi connectivity index (χ2n) is 21.6. The van der Waals surface area contributed by atoms with E-state index < -0.39 is 0 Å². The number of halogens is 1. The maximum Gasteiger partial charge on any atom is 0.308 e. The first-order valence-electron chi connectivity index (χ1n) is 28.4. The summed E-state index contributed by atoms with van der Waals surface area (Å²) in [5.74, 6) is -1.43. The number of esters is 6. The first-order valence-corrected chi connectivity index (χ1v) is 28.4. The lowest BCUT2D eigenvalue weighted by Gasteiger charge is -2.15. The molecule has 6 aromatic rings. The van der Waals surface area contributed by atoms with E-state index in [4.69, 9.17) is 23.7 Å². The molecule has 448 valence electrons. The van der Waals surface area contributed by atoms with Crippen LogP contribution in [0.1, 0.15) is 140 Å². The van der Waals surface area contributed by atoms with Gasteiger partial charge in [-0.3, -0.25) is 28.8 Å². The van der Waals surface area contributed by atoms with E-state index in [1.54, 1.807) is 32.9 Å². The summed E-state index contributed by atoms with van der Waals surface area (Å²) >= 11 is 0. The summed E-state index contributed by atoms with van der Waals surface area (Å²) in [5, 5.41) is 0. The van der Waals surface area contributed by atoms with Crippen LogP contribution in [-0.2, 0) is 83.6 Å². The third-order valence-electron chi connectivity index (χ3n) is 12.0. The van der Waals surface area contributed by atoms with Gasteiger partial charge in [0.05, 0.1) is 42.1 Å². The van der Waals surface area contributed by atoms with Crippen molar-refractivity contribution in [1.29, 1.82) is 0 Å². The molecule has 0 unspecified atom stereocenters. The number of benzene rings is 6. The van der Waals surface area contributed by atoms with Crippen LogP contribution in [0.3, 0.4) is 0 Å². The largest absolute Gasteiger partial charge is 0.466 e. The molecule has 0 aromatic heterocycles. The summed E-state index contributed by atoms with van der Waals surface area (Å²) in [6.45, 7) is 30.0. The SMILES string of the molecule is CC(C)C(=O)OCC1c2ccccc2-c2ccccc21.CC(C)C(=O)OCc1ccc(F)cc1.CC(C)C(=O)OCc1ccccc1.CCOC(=O)C(C)C.Cc1ccc(COC(=O)C(C)C)cc1.Cc1ccc(COC(=O)C(C)C)cc1. The maximum absolute atomic E-state index is 12.5. The zero-order valence-electron chi connectivity index (χ0n) is 51.5. The lowest BCUT2D eigenvalue weighted by atomic mass is 9.98. The molecule has 6 aromatic carbocycles. The summed E-state index contributed by atoms with van der Waals surface area (Å²) in [4.78, 5) is 66.7. The minimum atomic E-state index is -0.288. The maximum atomic E-state index is 12.5. The Kier molecular flexibility index (Phi) is 33.2. The van der Waals surface area contributed by atoms with E-state index in [1.807, 2.05) is 174 Å². The molecule has 13 heteroatoms. The summed E-state index contributed by atoms with van der Waals surface area (Å²) in [5.41, 5.74) is 11.3. The number of rotatable bonds is 17. The Morgan fingerprint density at radius 2 is 0.614 bits per heavy atom. The number of hydrogen-bond donors (Lipinski definition) is 0. The predicted molar refractivity (Wildman–Crippen MR) is 325 cm³/mol. The molecule has 83 heavy (non-hydrogen) atoms. The van der Waals surface area contributed by atoms with Crippen molar-refractivity contribution in [3.05, 3.63) is 202 Å². The minimum Gasteiger partial charge on any atom is -0.466 e. The van der Waals surface area contributed by atoms with Gasteiger partial charge in [-0.2, -0.15) is 0 Å². The molecule has 0 radical (unpaired) electrons. The van der Waals surface area contributed by atoms with Gasteiger partial charge in [-0.15, -0.1) is 0 Å². The van der Waals surface area contributed by atoms with E-state index in [2.05, 4.69) is 41.1 Å². The van der Waals surface area contributed by atoms with Gasteiger partial charge in [0.1, 0.15) is 38.9 Å². The lowest BCUT2D eigenvalue weighted by Crippen LogP contribution is -2.16. The molecule has 0 heterocycles. The van der Waals surface area contributed by atoms with Crippen molar-refractivity contribution < 1.29 is 61.6 Å². The molecule has 0 atom stereocenters. The van der Waals surface area contributed by atoms with Crippen LogP contribution >= 0.6 is 0 Å². The fraction of sp³-hybridized carbons (Fsp3) is 0.400. The molecule has 0 spiro atoms. The van der Waals surface area contributed by atoms with Crippen LogP contribution in [0.5, 0.6) is 0 Å². The zero-order chi connectivity index (χ0) is 62.0. The average Bonchev–Trinajstić information content (AvgIpc) is 4.01. The third-order valence-corrected chi connectivity index (χ3v) is 12.0. The Morgan fingerprint density at radius 1 is 0.349 bits per heavy atom. The Balaban J connectivity index is 0.000000346. The topological polar surface area (TPSA) is 158 Å². The van der Waals surface area contributed by atoms with Crippen LogP contribution in [0, 0.1) is 55.2 Å². The number of hydrogen-bond acceptors (Lipinski definition) is 12. The molecule has 1 aliphatic rings. The van der Waals surface area contributed by atoms with Crippen LogP contribution in [-0.4, -0.2) is 49.0 Å².